The highest BCUT2D eigenvalue weighted by Crippen LogP contribution is 2.27. The summed E-state index contributed by atoms with van der Waals surface area (Å²) in [5.74, 6) is 0.683. The van der Waals surface area contributed by atoms with Crippen LogP contribution in [0.2, 0.25) is 5.02 Å². The van der Waals surface area contributed by atoms with Crippen molar-refractivity contribution >= 4 is 28.8 Å². The molecule has 0 aromatic heterocycles. The molecule has 16 heavy (non-hydrogen) atoms. The van der Waals surface area contributed by atoms with Crippen molar-refractivity contribution < 1.29 is 4.74 Å². The van der Waals surface area contributed by atoms with Crippen molar-refractivity contribution in [1.82, 2.24) is 0 Å². The highest BCUT2D eigenvalue weighted by Gasteiger charge is 2.08. The Balaban J connectivity index is 2.79. The van der Waals surface area contributed by atoms with Crippen LogP contribution in [0.25, 0.3) is 0 Å². The van der Waals surface area contributed by atoms with Gasteiger partial charge in [-0.1, -0.05) is 37.2 Å². The number of thiocarbonyl (C=S) groups is 1. The SMILES string of the molecule is CCCC(C)Oc1ccc(C(N)=S)cc1Cl. The summed E-state index contributed by atoms with van der Waals surface area (Å²) in [6.45, 7) is 4.15. The third-order valence-electron chi connectivity index (χ3n) is 2.24. The number of nitrogens with two attached hydrogens (primary N) is 1. The van der Waals surface area contributed by atoms with E-state index in [1.54, 1.807) is 6.07 Å². The van der Waals surface area contributed by atoms with Crippen molar-refractivity contribution in [3.8, 4) is 5.75 Å². The molecule has 1 rings (SSSR count). The van der Waals surface area contributed by atoms with E-state index >= 15 is 0 Å². The van der Waals surface area contributed by atoms with E-state index in [1.165, 1.54) is 0 Å². The molecular formula is C12H16ClNOS. The average molecular weight is 258 g/mol. The van der Waals surface area contributed by atoms with Gasteiger partial charge in [0.05, 0.1) is 11.1 Å². The fourth-order valence-electron chi connectivity index (χ4n) is 1.43. The van der Waals surface area contributed by atoms with Gasteiger partial charge in [0, 0.05) is 5.56 Å². The van der Waals surface area contributed by atoms with Gasteiger partial charge in [0.1, 0.15) is 10.7 Å². The van der Waals surface area contributed by atoms with Crippen molar-refractivity contribution in [2.75, 3.05) is 0 Å². The normalized spacial score (nSPS) is 12.2. The topological polar surface area (TPSA) is 35.2 Å². The Bertz CT molecular complexity index is 381. The molecule has 1 aromatic carbocycles. The van der Waals surface area contributed by atoms with Crippen molar-refractivity contribution in [2.24, 2.45) is 5.73 Å². The summed E-state index contributed by atoms with van der Waals surface area (Å²) in [6.07, 6.45) is 2.26. The Labute approximate surface area is 107 Å². The van der Waals surface area contributed by atoms with Crippen LogP contribution >= 0.6 is 23.8 Å². The molecule has 0 saturated heterocycles. The molecule has 0 amide bonds. The molecule has 4 heteroatoms. The molecule has 0 saturated carbocycles. The monoisotopic (exact) mass is 257 g/mol. The third-order valence-corrected chi connectivity index (χ3v) is 2.77. The van der Waals surface area contributed by atoms with Gasteiger partial charge in [0.2, 0.25) is 0 Å². The van der Waals surface area contributed by atoms with Gasteiger partial charge in [-0.3, -0.25) is 0 Å². The summed E-state index contributed by atoms with van der Waals surface area (Å²) < 4.78 is 5.70. The van der Waals surface area contributed by atoms with E-state index < -0.39 is 0 Å². The minimum Gasteiger partial charge on any atom is -0.489 e. The molecule has 0 heterocycles. The summed E-state index contributed by atoms with van der Waals surface area (Å²) >= 11 is 11.0. The second-order valence-corrected chi connectivity index (χ2v) is 4.57. The molecule has 88 valence electrons. The van der Waals surface area contributed by atoms with Crippen LogP contribution in [0.15, 0.2) is 18.2 Å². The van der Waals surface area contributed by atoms with Crippen LogP contribution in [0.1, 0.15) is 32.3 Å². The van der Waals surface area contributed by atoms with Crippen LogP contribution in [0, 0.1) is 0 Å². The minimum atomic E-state index is 0.165. The molecule has 0 aliphatic heterocycles. The summed E-state index contributed by atoms with van der Waals surface area (Å²) in [7, 11) is 0. The van der Waals surface area contributed by atoms with Crippen LogP contribution in [-0.4, -0.2) is 11.1 Å². The zero-order chi connectivity index (χ0) is 12.1. The van der Waals surface area contributed by atoms with Crippen LogP contribution in [0.4, 0.5) is 0 Å². The average Bonchev–Trinajstić information content (AvgIpc) is 2.21. The van der Waals surface area contributed by atoms with Crippen LogP contribution in [0.5, 0.6) is 5.75 Å². The van der Waals surface area contributed by atoms with E-state index in [2.05, 4.69) is 6.92 Å². The van der Waals surface area contributed by atoms with E-state index in [9.17, 15) is 0 Å². The second-order valence-electron chi connectivity index (χ2n) is 3.73. The van der Waals surface area contributed by atoms with Gasteiger partial charge in [0.25, 0.3) is 0 Å². The standard InChI is InChI=1S/C12H16ClNOS/c1-3-4-8(2)15-11-6-5-9(12(14)16)7-10(11)13/h5-8H,3-4H2,1-2H3,(H2,14,16). The maximum atomic E-state index is 6.08. The summed E-state index contributed by atoms with van der Waals surface area (Å²) in [4.78, 5) is 0.343. The van der Waals surface area contributed by atoms with Gasteiger partial charge in [-0.2, -0.15) is 0 Å². The molecule has 1 unspecified atom stereocenters. The Morgan fingerprint density at radius 2 is 2.25 bits per heavy atom. The molecule has 2 N–H and O–H groups in total. The van der Waals surface area contributed by atoms with Gasteiger partial charge < -0.3 is 10.5 Å². The zero-order valence-corrected chi connectivity index (χ0v) is 11.1. The molecule has 1 atom stereocenters. The molecule has 2 nitrogen and oxygen atoms in total. The number of hydrogen-bond acceptors (Lipinski definition) is 2. The van der Waals surface area contributed by atoms with Gasteiger partial charge in [-0.05, 0) is 31.5 Å². The molecule has 0 spiro atoms. The Morgan fingerprint density at radius 3 is 2.75 bits per heavy atom. The largest absolute Gasteiger partial charge is 0.489 e. The number of ether oxygens (including phenoxy) is 1. The summed E-state index contributed by atoms with van der Waals surface area (Å²) in [5.41, 5.74) is 6.27. The second kappa shape index (κ2) is 6.06. The first-order chi connectivity index (χ1) is 7.54. The fraction of sp³-hybridized carbons (Fsp3) is 0.417. The first-order valence-electron chi connectivity index (χ1n) is 5.30. The van der Waals surface area contributed by atoms with Crippen molar-refractivity contribution in [1.29, 1.82) is 0 Å². The van der Waals surface area contributed by atoms with E-state index in [0.29, 0.717) is 15.8 Å². The van der Waals surface area contributed by atoms with Crippen LogP contribution in [0.3, 0.4) is 0 Å². The quantitative estimate of drug-likeness (QED) is 0.820. The number of benzene rings is 1. The van der Waals surface area contributed by atoms with Gasteiger partial charge in [-0.15, -0.1) is 0 Å². The van der Waals surface area contributed by atoms with Gasteiger partial charge in [0.15, 0.2) is 0 Å². The number of hydrogen-bond donors (Lipinski definition) is 1. The van der Waals surface area contributed by atoms with E-state index in [0.717, 1.165) is 18.4 Å². The van der Waals surface area contributed by atoms with Crippen LogP contribution < -0.4 is 10.5 Å². The van der Waals surface area contributed by atoms with E-state index in [1.807, 2.05) is 19.1 Å². The Hall–Kier alpha value is -0.800. The highest BCUT2D eigenvalue weighted by molar-refractivity contribution is 7.80. The Kier molecular flexibility index (Phi) is 5.03. The minimum absolute atomic E-state index is 0.165. The van der Waals surface area contributed by atoms with Crippen molar-refractivity contribution in [3.63, 3.8) is 0 Å². The molecular weight excluding hydrogens is 242 g/mol. The highest BCUT2D eigenvalue weighted by atomic mass is 35.5. The maximum Gasteiger partial charge on any atom is 0.138 e. The van der Waals surface area contributed by atoms with Crippen LogP contribution in [-0.2, 0) is 0 Å². The van der Waals surface area contributed by atoms with E-state index in [-0.39, 0.29) is 6.10 Å². The fourth-order valence-corrected chi connectivity index (χ4v) is 1.78. The lowest BCUT2D eigenvalue weighted by molar-refractivity contribution is 0.210. The summed E-state index contributed by atoms with van der Waals surface area (Å²) in [6, 6.07) is 5.36. The third kappa shape index (κ3) is 3.65. The molecule has 0 radical (unpaired) electrons. The lowest BCUT2D eigenvalue weighted by atomic mass is 10.2. The lowest BCUT2D eigenvalue weighted by Gasteiger charge is -2.15. The number of rotatable bonds is 5. The molecule has 0 bridgehead atoms. The van der Waals surface area contributed by atoms with Crippen molar-refractivity contribution in [3.05, 3.63) is 28.8 Å². The smallest absolute Gasteiger partial charge is 0.138 e. The zero-order valence-electron chi connectivity index (χ0n) is 9.50. The predicted octanol–water partition coefficient (Wildman–Crippen LogP) is 3.54. The molecule has 1 aromatic rings. The van der Waals surface area contributed by atoms with Crippen molar-refractivity contribution in [2.45, 2.75) is 32.8 Å². The Morgan fingerprint density at radius 1 is 1.56 bits per heavy atom. The molecule has 0 fully saturated rings. The summed E-state index contributed by atoms with van der Waals surface area (Å²) in [5, 5.41) is 0.549. The lowest BCUT2D eigenvalue weighted by Crippen LogP contribution is -2.12. The first kappa shape index (κ1) is 13.3. The van der Waals surface area contributed by atoms with E-state index in [4.69, 9.17) is 34.3 Å². The molecule has 0 aliphatic carbocycles. The molecule has 0 aliphatic rings. The first-order valence-corrected chi connectivity index (χ1v) is 6.09. The predicted molar refractivity (Wildman–Crippen MR) is 72.3 cm³/mol. The maximum absolute atomic E-state index is 6.08. The van der Waals surface area contributed by atoms with Gasteiger partial charge >= 0.3 is 0 Å². The van der Waals surface area contributed by atoms with Gasteiger partial charge in [-0.25, -0.2) is 0 Å². The number of halogens is 1.